The highest BCUT2D eigenvalue weighted by atomic mass is 16.3. The van der Waals surface area contributed by atoms with Crippen molar-refractivity contribution in [2.24, 2.45) is 0 Å². The average Bonchev–Trinajstić information content (AvgIpc) is 4.15. The third-order valence-corrected chi connectivity index (χ3v) is 18.4. The van der Waals surface area contributed by atoms with Crippen LogP contribution in [0.5, 0.6) is 0 Å². The van der Waals surface area contributed by atoms with Crippen LogP contribution in [0.15, 0.2) is 167 Å². The number of nitrogens with zero attached hydrogens (tertiary/aromatic N) is 1. The number of fused-ring (bicyclic) bond motifs is 20. The molecule has 9 aromatic carbocycles. The van der Waals surface area contributed by atoms with Gasteiger partial charge in [0.25, 0.3) is 0 Å². The maximum absolute atomic E-state index is 6.74. The highest BCUT2D eigenvalue weighted by Crippen LogP contribution is 2.61. The van der Waals surface area contributed by atoms with Crippen LogP contribution in [0.4, 0.5) is 17.1 Å². The van der Waals surface area contributed by atoms with Crippen molar-refractivity contribution in [1.29, 1.82) is 0 Å². The van der Waals surface area contributed by atoms with E-state index < -0.39 is 0 Å². The molecule has 0 saturated carbocycles. The number of hydrogen-bond acceptors (Lipinski definition) is 3. The number of anilines is 3. The minimum atomic E-state index is -0.255. The largest absolute Gasteiger partial charge is 0.456 e. The molecule has 0 atom stereocenters. The smallest absolute Gasteiger partial charge is 0.143 e. The molecule has 0 fully saturated rings. The van der Waals surface area contributed by atoms with E-state index in [1.54, 1.807) is 0 Å². The zero-order chi connectivity index (χ0) is 50.0. The van der Waals surface area contributed by atoms with Crippen molar-refractivity contribution in [1.82, 2.24) is 0 Å². The number of furan rings is 2. The highest BCUT2D eigenvalue weighted by Gasteiger charge is 2.45. The molecule has 0 bridgehead atoms. The van der Waals surface area contributed by atoms with Crippen LogP contribution in [-0.2, 0) is 27.1 Å². The van der Waals surface area contributed by atoms with Crippen molar-refractivity contribution in [3.8, 4) is 44.5 Å². The molecular weight excluding hydrogens is 887 g/mol. The first-order valence-corrected chi connectivity index (χ1v) is 26.3. The molecule has 4 aliphatic rings. The first kappa shape index (κ1) is 43.0. The van der Waals surface area contributed by atoms with Gasteiger partial charge in [-0.25, -0.2) is 0 Å². The molecule has 3 nitrogen and oxygen atoms in total. The Balaban J connectivity index is 0.870. The van der Waals surface area contributed by atoms with E-state index in [4.69, 9.17) is 8.83 Å². The number of rotatable bonds is 3. The van der Waals surface area contributed by atoms with Gasteiger partial charge in [0, 0.05) is 65.8 Å². The second-order valence-corrected chi connectivity index (χ2v) is 24.9. The quantitative estimate of drug-likeness (QED) is 0.177. The van der Waals surface area contributed by atoms with Crippen LogP contribution in [-0.4, -0.2) is 0 Å². The van der Waals surface area contributed by atoms with Gasteiger partial charge in [0.15, 0.2) is 0 Å². The van der Waals surface area contributed by atoms with Gasteiger partial charge in [-0.2, -0.15) is 0 Å². The minimum absolute atomic E-state index is 0.0352. The molecular formula is C70H59NO2. The van der Waals surface area contributed by atoms with E-state index in [9.17, 15) is 0 Å². The van der Waals surface area contributed by atoms with Crippen molar-refractivity contribution < 1.29 is 8.83 Å². The second-order valence-electron chi connectivity index (χ2n) is 24.9. The summed E-state index contributed by atoms with van der Waals surface area (Å²) in [6, 6.07) is 60.0. The molecule has 2 heterocycles. The summed E-state index contributed by atoms with van der Waals surface area (Å²) < 4.78 is 13.2. The van der Waals surface area contributed by atoms with Crippen molar-refractivity contribution in [3.05, 3.63) is 208 Å². The Morgan fingerprint density at radius 2 is 0.795 bits per heavy atom. The molecule has 11 aromatic rings. The summed E-state index contributed by atoms with van der Waals surface area (Å²) in [6.07, 6.45) is 0. The van der Waals surface area contributed by atoms with Crippen LogP contribution in [0, 0.1) is 0 Å². The fourth-order valence-corrected chi connectivity index (χ4v) is 14.3. The monoisotopic (exact) mass is 945 g/mol. The predicted octanol–water partition coefficient (Wildman–Crippen LogP) is 19.5. The van der Waals surface area contributed by atoms with Crippen LogP contribution in [0.3, 0.4) is 0 Å². The van der Waals surface area contributed by atoms with E-state index in [0.29, 0.717) is 0 Å². The maximum Gasteiger partial charge on any atom is 0.143 e. The Kier molecular flexibility index (Phi) is 8.07. The molecule has 4 aliphatic carbocycles. The van der Waals surface area contributed by atoms with Crippen LogP contribution in [0.25, 0.3) is 88.4 Å². The Labute approximate surface area is 428 Å². The third kappa shape index (κ3) is 5.45. The lowest BCUT2D eigenvalue weighted by Crippen LogP contribution is -2.18. The lowest BCUT2D eigenvalue weighted by molar-refractivity contribution is 0.590. The topological polar surface area (TPSA) is 29.5 Å². The van der Waals surface area contributed by atoms with Gasteiger partial charge in [-0.1, -0.05) is 155 Å². The molecule has 0 radical (unpaired) electrons. The molecule has 0 amide bonds. The first-order valence-electron chi connectivity index (χ1n) is 26.3. The Morgan fingerprint density at radius 3 is 1.38 bits per heavy atom. The highest BCUT2D eigenvalue weighted by molar-refractivity contribution is 6.16. The summed E-state index contributed by atoms with van der Waals surface area (Å²) in [7, 11) is 0. The van der Waals surface area contributed by atoms with Gasteiger partial charge < -0.3 is 13.7 Å². The van der Waals surface area contributed by atoms with E-state index >= 15 is 0 Å². The summed E-state index contributed by atoms with van der Waals surface area (Å²) in [4.78, 5) is 2.50. The van der Waals surface area contributed by atoms with E-state index in [0.717, 1.165) is 39.4 Å². The molecule has 73 heavy (non-hydrogen) atoms. The lowest BCUT2D eigenvalue weighted by Gasteiger charge is -2.30. The SMILES string of the molecule is CC(C)(C)c1ccc(N(c2ccc3c(c2)C(C)(C)c2cc4c(cc2-3)C(C)(C)c2ccc3c(oc5ccccc53)c2-4)c2ccc3c(c2)C(C)(C)c2cc4c(cc2-3)C(C)(C)c2ccc3oc5ccccc5c3c2-4)cc1. The van der Waals surface area contributed by atoms with Crippen molar-refractivity contribution in [2.45, 2.75) is 103 Å². The van der Waals surface area contributed by atoms with Gasteiger partial charge in [-0.3, -0.25) is 0 Å². The fourth-order valence-electron chi connectivity index (χ4n) is 14.3. The Hall–Kier alpha value is -7.62. The van der Waals surface area contributed by atoms with E-state index in [1.807, 2.05) is 0 Å². The Morgan fingerprint density at radius 1 is 0.342 bits per heavy atom. The fraction of sp³-hybridized carbons (Fsp3) is 0.229. The average molecular weight is 946 g/mol. The summed E-state index contributed by atoms with van der Waals surface area (Å²) in [5.74, 6) is 0. The normalized spacial score (nSPS) is 16.6. The number of para-hydroxylation sites is 2. The summed E-state index contributed by atoms with van der Waals surface area (Å²) >= 11 is 0. The minimum Gasteiger partial charge on any atom is -0.456 e. The molecule has 0 unspecified atom stereocenters. The van der Waals surface area contributed by atoms with E-state index in [-0.39, 0.29) is 27.1 Å². The van der Waals surface area contributed by atoms with Gasteiger partial charge >= 0.3 is 0 Å². The molecule has 0 N–H and O–H groups in total. The zero-order valence-electron chi connectivity index (χ0n) is 43.8. The van der Waals surface area contributed by atoms with Gasteiger partial charge in [-0.15, -0.1) is 0 Å². The summed E-state index contributed by atoms with van der Waals surface area (Å²) in [6.45, 7) is 26.1. The molecule has 3 heteroatoms. The summed E-state index contributed by atoms with van der Waals surface area (Å²) in [5.41, 5.74) is 29.2. The zero-order valence-corrected chi connectivity index (χ0v) is 43.8. The first-order chi connectivity index (χ1) is 34.8. The van der Waals surface area contributed by atoms with Crippen LogP contribution in [0.2, 0.25) is 0 Å². The van der Waals surface area contributed by atoms with Gasteiger partial charge in [0.1, 0.15) is 22.3 Å². The van der Waals surface area contributed by atoms with Crippen LogP contribution >= 0.6 is 0 Å². The van der Waals surface area contributed by atoms with Crippen LogP contribution in [0.1, 0.15) is 126 Å². The van der Waals surface area contributed by atoms with Crippen molar-refractivity contribution in [3.63, 3.8) is 0 Å². The van der Waals surface area contributed by atoms with Crippen LogP contribution < -0.4 is 4.90 Å². The molecule has 356 valence electrons. The van der Waals surface area contributed by atoms with Gasteiger partial charge in [0.2, 0.25) is 0 Å². The standard InChI is InChI=1S/C70H59NO2/c1-66(2,3)38-20-22-39(23-21-38)71(40-24-26-42-47-34-57-49(36-55(47)69(8,9)53(42)32-40)62-51(67(57,4)5)30-31-61-64(62)46-17-13-15-19-60(46)72-61)41-25-27-43-48-35-58-50(37-56(48)70(10,11)54(43)33-41)63-52(68(58,6)7)29-28-45-44-16-12-14-18-59(44)73-65(45)63/h12-37H,1-11H3. The molecule has 0 saturated heterocycles. The molecule has 2 aromatic heterocycles. The predicted molar refractivity (Wildman–Crippen MR) is 305 cm³/mol. The lowest BCUT2D eigenvalue weighted by atomic mass is 9.79. The van der Waals surface area contributed by atoms with Gasteiger partial charge in [0.05, 0.1) is 0 Å². The third-order valence-electron chi connectivity index (χ3n) is 18.4. The molecule has 15 rings (SSSR count). The van der Waals surface area contributed by atoms with E-state index in [1.165, 1.54) is 116 Å². The van der Waals surface area contributed by atoms with Crippen molar-refractivity contribution >= 4 is 60.9 Å². The second kappa shape index (κ2) is 13.7. The number of benzene rings is 9. The summed E-state index contributed by atoms with van der Waals surface area (Å²) in [5, 5.41) is 4.77. The van der Waals surface area contributed by atoms with Gasteiger partial charge in [-0.05, 0) is 173 Å². The number of hydrogen-bond donors (Lipinski definition) is 0. The van der Waals surface area contributed by atoms with E-state index in [2.05, 4.69) is 239 Å². The maximum atomic E-state index is 6.74. The van der Waals surface area contributed by atoms with Crippen molar-refractivity contribution in [2.75, 3.05) is 4.90 Å². The molecule has 0 spiro atoms. The molecule has 0 aliphatic heterocycles. The Bertz CT molecular complexity index is 4290.